The molecule has 0 bridgehead atoms. The van der Waals surface area contributed by atoms with Crippen LogP contribution in [0, 0.1) is 11.6 Å². The van der Waals surface area contributed by atoms with E-state index >= 15 is 0 Å². The molecule has 19 heavy (non-hydrogen) atoms. The fourth-order valence-corrected chi connectivity index (χ4v) is 2.63. The molecule has 4 heteroatoms. The van der Waals surface area contributed by atoms with E-state index in [9.17, 15) is 13.6 Å². The van der Waals surface area contributed by atoms with Crippen molar-refractivity contribution < 1.29 is 13.6 Å². The second kappa shape index (κ2) is 6.57. The number of Topliss-reactive ketones (excluding diaryl/α,β-unsaturated/α-hetero) is 1. The van der Waals surface area contributed by atoms with E-state index in [0.717, 1.165) is 18.9 Å². The molecule has 0 saturated heterocycles. The highest BCUT2D eigenvalue weighted by Gasteiger charge is 2.09. The van der Waals surface area contributed by atoms with Gasteiger partial charge in [-0.3, -0.25) is 4.79 Å². The maximum absolute atomic E-state index is 13.4. The molecule has 0 saturated carbocycles. The molecule has 0 aliphatic carbocycles. The fourth-order valence-electron chi connectivity index (χ4n) is 1.88. The third kappa shape index (κ3) is 4.24. The molecular weight excluding hydrogens is 266 g/mol. The van der Waals surface area contributed by atoms with Gasteiger partial charge in [0, 0.05) is 23.8 Å². The number of hydrogen-bond acceptors (Lipinski definition) is 2. The number of aryl methyl sites for hydroxylation is 1. The molecule has 0 unspecified atom stereocenters. The monoisotopic (exact) mass is 280 g/mol. The molecule has 1 heterocycles. The Labute approximate surface area is 114 Å². The van der Waals surface area contributed by atoms with Gasteiger partial charge in [0.2, 0.25) is 0 Å². The fraction of sp³-hybridized carbons (Fsp3) is 0.267. The molecule has 100 valence electrons. The van der Waals surface area contributed by atoms with Gasteiger partial charge >= 0.3 is 0 Å². The minimum atomic E-state index is -0.647. The minimum absolute atomic E-state index is 0.0120. The van der Waals surface area contributed by atoms with Gasteiger partial charge in [-0.2, -0.15) is 0 Å². The number of carbonyl (C=O) groups excluding carboxylic acids is 1. The SMILES string of the molecule is O=C(CCCc1cccs1)Cc1ccc(F)cc1F. The van der Waals surface area contributed by atoms with E-state index < -0.39 is 11.6 Å². The number of ketones is 1. The molecule has 0 amide bonds. The summed E-state index contributed by atoms with van der Waals surface area (Å²) in [5.41, 5.74) is 0.266. The molecule has 2 rings (SSSR count). The summed E-state index contributed by atoms with van der Waals surface area (Å²) in [6.07, 6.45) is 2.10. The maximum atomic E-state index is 13.4. The van der Waals surface area contributed by atoms with Gasteiger partial charge in [-0.25, -0.2) is 8.78 Å². The van der Waals surface area contributed by atoms with Gasteiger partial charge in [-0.05, 0) is 35.9 Å². The van der Waals surface area contributed by atoms with Crippen LogP contribution in [-0.2, 0) is 17.6 Å². The third-order valence-electron chi connectivity index (χ3n) is 2.86. The van der Waals surface area contributed by atoms with E-state index in [2.05, 4.69) is 0 Å². The van der Waals surface area contributed by atoms with E-state index in [0.29, 0.717) is 6.42 Å². The minimum Gasteiger partial charge on any atom is -0.299 e. The van der Waals surface area contributed by atoms with Crippen molar-refractivity contribution >= 4 is 17.1 Å². The van der Waals surface area contributed by atoms with Crippen LogP contribution >= 0.6 is 11.3 Å². The standard InChI is InChI=1S/C15H14F2OS/c16-12-7-6-11(15(17)10-12)9-13(18)3-1-4-14-5-2-8-19-14/h2,5-8,10H,1,3-4,9H2. The van der Waals surface area contributed by atoms with Crippen molar-refractivity contribution in [3.8, 4) is 0 Å². The van der Waals surface area contributed by atoms with Gasteiger partial charge in [0.15, 0.2) is 0 Å². The number of hydrogen-bond donors (Lipinski definition) is 0. The van der Waals surface area contributed by atoms with Crippen LogP contribution < -0.4 is 0 Å². The van der Waals surface area contributed by atoms with Gasteiger partial charge in [0.05, 0.1) is 0 Å². The molecule has 0 N–H and O–H groups in total. The smallest absolute Gasteiger partial charge is 0.137 e. The Bertz CT molecular complexity index is 549. The third-order valence-corrected chi connectivity index (χ3v) is 3.80. The zero-order valence-corrected chi connectivity index (χ0v) is 11.2. The lowest BCUT2D eigenvalue weighted by atomic mass is 10.0. The first-order chi connectivity index (χ1) is 9.15. The predicted molar refractivity (Wildman–Crippen MR) is 72.3 cm³/mol. The summed E-state index contributed by atoms with van der Waals surface area (Å²) in [5, 5.41) is 2.01. The van der Waals surface area contributed by atoms with Gasteiger partial charge in [-0.15, -0.1) is 11.3 Å². The Morgan fingerprint density at radius 1 is 1.21 bits per heavy atom. The molecular formula is C15H14F2OS. The van der Waals surface area contributed by atoms with Crippen LogP contribution in [0.25, 0.3) is 0 Å². The first-order valence-electron chi connectivity index (χ1n) is 6.13. The van der Waals surface area contributed by atoms with Crippen LogP contribution in [0.15, 0.2) is 35.7 Å². The molecule has 0 aliphatic heterocycles. The molecule has 0 fully saturated rings. The Morgan fingerprint density at radius 3 is 2.74 bits per heavy atom. The summed E-state index contributed by atoms with van der Waals surface area (Å²) in [5.74, 6) is -1.28. The topological polar surface area (TPSA) is 17.1 Å². The largest absolute Gasteiger partial charge is 0.299 e. The predicted octanol–water partition coefficient (Wildman–Crippen LogP) is 4.16. The normalized spacial score (nSPS) is 10.6. The van der Waals surface area contributed by atoms with Crippen LogP contribution in [0.1, 0.15) is 23.3 Å². The van der Waals surface area contributed by atoms with Crippen LogP contribution in [0.3, 0.4) is 0 Å². The van der Waals surface area contributed by atoms with Crippen molar-refractivity contribution in [1.82, 2.24) is 0 Å². The highest BCUT2D eigenvalue weighted by atomic mass is 32.1. The molecule has 1 aromatic carbocycles. The summed E-state index contributed by atoms with van der Waals surface area (Å²) in [6, 6.07) is 7.35. The Balaban J connectivity index is 1.80. The van der Waals surface area contributed by atoms with Crippen LogP contribution in [0.5, 0.6) is 0 Å². The van der Waals surface area contributed by atoms with Crippen LogP contribution in [-0.4, -0.2) is 5.78 Å². The van der Waals surface area contributed by atoms with Gasteiger partial charge in [-0.1, -0.05) is 12.1 Å². The highest BCUT2D eigenvalue weighted by molar-refractivity contribution is 7.09. The Hall–Kier alpha value is -1.55. The Kier molecular flexibility index (Phi) is 4.80. The molecule has 0 spiro atoms. The van der Waals surface area contributed by atoms with Crippen LogP contribution in [0.2, 0.25) is 0 Å². The quantitative estimate of drug-likeness (QED) is 0.776. The summed E-state index contributed by atoms with van der Waals surface area (Å²) in [7, 11) is 0. The van der Waals surface area contributed by atoms with Gasteiger partial charge in [0.1, 0.15) is 17.4 Å². The lowest BCUT2D eigenvalue weighted by Gasteiger charge is -2.03. The molecule has 0 aliphatic rings. The number of halogens is 2. The summed E-state index contributed by atoms with van der Waals surface area (Å²) in [4.78, 5) is 13.0. The lowest BCUT2D eigenvalue weighted by Crippen LogP contribution is -2.05. The maximum Gasteiger partial charge on any atom is 0.137 e. The van der Waals surface area contributed by atoms with Crippen molar-refractivity contribution in [3.05, 3.63) is 57.8 Å². The zero-order valence-electron chi connectivity index (χ0n) is 10.4. The highest BCUT2D eigenvalue weighted by Crippen LogP contribution is 2.14. The average molecular weight is 280 g/mol. The molecule has 1 nitrogen and oxygen atoms in total. The summed E-state index contributed by atoms with van der Waals surface area (Å²) >= 11 is 1.67. The lowest BCUT2D eigenvalue weighted by molar-refractivity contribution is -0.118. The van der Waals surface area contributed by atoms with E-state index in [1.165, 1.54) is 17.0 Å². The molecule has 1 aromatic heterocycles. The van der Waals surface area contributed by atoms with E-state index in [4.69, 9.17) is 0 Å². The van der Waals surface area contributed by atoms with Gasteiger partial charge in [0.25, 0.3) is 0 Å². The Morgan fingerprint density at radius 2 is 2.05 bits per heavy atom. The molecule has 2 aromatic rings. The van der Waals surface area contributed by atoms with Crippen molar-refractivity contribution in [2.24, 2.45) is 0 Å². The first-order valence-corrected chi connectivity index (χ1v) is 7.01. The van der Waals surface area contributed by atoms with Crippen molar-refractivity contribution in [1.29, 1.82) is 0 Å². The van der Waals surface area contributed by atoms with Crippen molar-refractivity contribution in [3.63, 3.8) is 0 Å². The second-order valence-electron chi connectivity index (χ2n) is 4.38. The van der Waals surface area contributed by atoms with E-state index in [1.54, 1.807) is 11.3 Å². The van der Waals surface area contributed by atoms with Crippen molar-refractivity contribution in [2.75, 3.05) is 0 Å². The number of benzene rings is 1. The van der Waals surface area contributed by atoms with Crippen molar-refractivity contribution in [2.45, 2.75) is 25.7 Å². The van der Waals surface area contributed by atoms with E-state index in [1.807, 2.05) is 17.5 Å². The van der Waals surface area contributed by atoms with Gasteiger partial charge < -0.3 is 0 Å². The number of rotatable bonds is 6. The first kappa shape index (κ1) is 13.9. The summed E-state index contributed by atoms with van der Waals surface area (Å²) < 4.78 is 26.1. The summed E-state index contributed by atoms with van der Waals surface area (Å²) in [6.45, 7) is 0. The molecule has 0 atom stereocenters. The number of thiophene rings is 1. The van der Waals surface area contributed by atoms with E-state index in [-0.39, 0.29) is 17.8 Å². The average Bonchev–Trinajstić information content (AvgIpc) is 2.86. The molecule has 0 radical (unpaired) electrons. The number of carbonyl (C=O) groups is 1. The zero-order chi connectivity index (χ0) is 13.7. The second-order valence-corrected chi connectivity index (χ2v) is 5.42. The van der Waals surface area contributed by atoms with Crippen LogP contribution in [0.4, 0.5) is 8.78 Å².